The lowest BCUT2D eigenvalue weighted by molar-refractivity contribution is -0.914. The van der Waals surface area contributed by atoms with Crippen molar-refractivity contribution in [3.63, 3.8) is 0 Å². The number of amides is 2. The maximum Gasteiger partial charge on any atom is 0.340 e. The van der Waals surface area contributed by atoms with E-state index >= 15 is 0 Å². The number of piperidine rings is 1. The zero-order valence-corrected chi connectivity index (χ0v) is 34.3. The van der Waals surface area contributed by atoms with Gasteiger partial charge in [0, 0.05) is 37.2 Å². The van der Waals surface area contributed by atoms with E-state index in [0.717, 1.165) is 71.7 Å². The molecule has 3 heterocycles. The van der Waals surface area contributed by atoms with Crippen molar-refractivity contribution in [1.82, 2.24) is 20.6 Å². The van der Waals surface area contributed by atoms with Crippen LogP contribution in [-0.2, 0) is 9.47 Å². The molecular weight excluding hydrogens is 785 g/mol. The van der Waals surface area contributed by atoms with E-state index in [0.29, 0.717) is 52.5 Å². The SMILES string of the molecule is COC(=O)c1c(C2=CC(NC(=O)NCCC[N+]3(C)CCC(c4cccc(OC)c4)CC3)C=C(c3cc(C)nc(C)c3C(=O)OC)C2)cc(C)nc1C.[I-]. The van der Waals surface area contributed by atoms with Gasteiger partial charge < -0.3 is 53.3 Å². The molecule has 2 amide bonds. The fraction of sp³-hybridized carbons (Fsp3) is 0.439. The zero-order valence-electron chi connectivity index (χ0n) is 32.1. The van der Waals surface area contributed by atoms with E-state index in [-0.39, 0.29) is 30.0 Å². The average molecular weight is 838 g/mol. The number of hydrogen-bond acceptors (Lipinski definition) is 8. The Bertz CT molecular complexity index is 1810. The lowest BCUT2D eigenvalue weighted by atomic mass is 9.83. The van der Waals surface area contributed by atoms with E-state index < -0.39 is 18.0 Å². The number of aromatic nitrogens is 2. The van der Waals surface area contributed by atoms with Crippen molar-refractivity contribution >= 4 is 29.1 Å². The van der Waals surface area contributed by atoms with E-state index in [1.807, 2.05) is 44.2 Å². The first kappa shape index (κ1) is 41.5. The highest BCUT2D eigenvalue weighted by atomic mass is 127. The number of allylic oxidation sites excluding steroid dienone is 2. The Morgan fingerprint density at radius 3 is 1.89 bits per heavy atom. The smallest absolute Gasteiger partial charge is 0.340 e. The van der Waals surface area contributed by atoms with Crippen LogP contribution in [0.5, 0.6) is 5.75 Å². The summed E-state index contributed by atoms with van der Waals surface area (Å²) in [5.74, 6) is 0.444. The van der Waals surface area contributed by atoms with Crippen LogP contribution in [0.2, 0.25) is 0 Å². The molecule has 2 aromatic heterocycles. The van der Waals surface area contributed by atoms with Crippen LogP contribution in [0.4, 0.5) is 4.79 Å². The first-order valence-electron chi connectivity index (χ1n) is 17.9. The number of aryl methyl sites for hydroxylation is 4. The number of methoxy groups -OCH3 is 3. The molecule has 0 unspecified atom stereocenters. The molecular formula is C41H52IN5O6. The van der Waals surface area contributed by atoms with Gasteiger partial charge in [0.1, 0.15) is 5.75 Å². The first-order valence-corrected chi connectivity index (χ1v) is 17.9. The number of urea groups is 1. The molecule has 0 bridgehead atoms. The van der Waals surface area contributed by atoms with E-state index in [2.05, 4.69) is 45.8 Å². The summed E-state index contributed by atoms with van der Waals surface area (Å²) in [5, 5.41) is 6.16. The summed E-state index contributed by atoms with van der Waals surface area (Å²) in [6.45, 7) is 11.0. The average Bonchev–Trinajstić information content (AvgIpc) is 3.12. The van der Waals surface area contributed by atoms with Crippen LogP contribution in [0.3, 0.4) is 0 Å². The number of ether oxygens (including phenoxy) is 3. The normalized spacial score (nSPS) is 18.5. The number of nitrogens with one attached hydrogen (secondary N) is 2. The minimum Gasteiger partial charge on any atom is -1.00 e. The molecule has 1 aliphatic carbocycles. The van der Waals surface area contributed by atoms with Crippen molar-refractivity contribution in [3.05, 3.63) is 99.1 Å². The summed E-state index contributed by atoms with van der Waals surface area (Å²) in [6, 6.07) is 11.3. The molecule has 0 saturated carbocycles. The summed E-state index contributed by atoms with van der Waals surface area (Å²) >= 11 is 0. The second-order valence-corrected chi connectivity index (χ2v) is 14.2. The molecule has 11 nitrogen and oxygen atoms in total. The number of hydrogen-bond donors (Lipinski definition) is 2. The topological polar surface area (TPSA) is 129 Å². The summed E-state index contributed by atoms with van der Waals surface area (Å²) in [7, 11) is 6.70. The Hall–Kier alpha value is -4.30. The second-order valence-electron chi connectivity index (χ2n) is 14.2. The number of quaternary nitrogens is 1. The van der Waals surface area contributed by atoms with Gasteiger partial charge in [0.15, 0.2) is 0 Å². The predicted octanol–water partition coefficient (Wildman–Crippen LogP) is 3.25. The fourth-order valence-electron chi connectivity index (χ4n) is 7.65. The monoisotopic (exact) mass is 837 g/mol. The summed E-state index contributed by atoms with van der Waals surface area (Å²) in [5.41, 5.74) is 7.59. The van der Waals surface area contributed by atoms with Crippen LogP contribution in [0.15, 0.2) is 48.6 Å². The molecule has 1 fully saturated rings. The van der Waals surface area contributed by atoms with Crippen molar-refractivity contribution < 1.29 is 57.1 Å². The molecule has 1 aliphatic heterocycles. The fourth-order valence-corrected chi connectivity index (χ4v) is 7.65. The number of pyridine rings is 2. The van der Waals surface area contributed by atoms with E-state index in [9.17, 15) is 14.4 Å². The zero-order chi connectivity index (χ0) is 37.6. The molecule has 1 saturated heterocycles. The van der Waals surface area contributed by atoms with E-state index in [4.69, 9.17) is 14.2 Å². The molecule has 12 heteroatoms. The number of esters is 2. The Morgan fingerprint density at radius 2 is 1.38 bits per heavy atom. The number of halogens is 1. The van der Waals surface area contributed by atoms with Gasteiger partial charge >= 0.3 is 18.0 Å². The van der Waals surface area contributed by atoms with Gasteiger partial charge in [-0.15, -0.1) is 0 Å². The second kappa shape index (κ2) is 18.2. The molecule has 284 valence electrons. The summed E-state index contributed by atoms with van der Waals surface area (Å²) in [4.78, 5) is 48.5. The van der Waals surface area contributed by atoms with Gasteiger partial charge in [0.25, 0.3) is 0 Å². The van der Waals surface area contributed by atoms with Gasteiger partial charge in [-0.1, -0.05) is 24.3 Å². The van der Waals surface area contributed by atoms with E-state index in [1.54, 1.807) is 21.0 Å². The minimum absolute atomic E-state index is 0. The van der Waals surface area contributed by atoms with Gasteiger partial charge in [-0.25, -0.2) is 14.4 Å². The Kier molecular flexibility index (Phi) is 14.2. The molecule has 0 spiro atoms. The standard InChI is InChI=1S/C41H51N5O6.HI/c1-25-19-35(37(27(3)43-25)39(47)51-7)31-21-32(36-20-26(2)44-28(4)38(36)40(48)52-8)23-33(22-31)45-41(49)42-15-10-16-46(5)17-13-29(14-18-46)30-11-9-12-34(24-30)50-6;/h9,11-12,19-20,22-24,29,33H,10,13-18,21H2,1-8H3,(H-,42,45,49);1H. The number of carbonyl (C=O) groups excluding carboxylic acids is 3. The number of likely N-dealkylation sites (tertiary alicyclic amines) is 1. The quantitative estimate of drug-likeness (QED) is 0.131. The van der Waals surface area contributed by atoms with Crippen LogP contribution in [0.25, 0.3) is 11.1 Å². The molecule has 1 aromatic carbocycles. The minimum atomic E-state index is -0.544. The van der Waals surface area contributed by atoms with Gasteiger partial charge in [0.05, 0.1) is 76.6 Å². The van der Waals surface area contributed by atoms with Crippen molar-refractivity contribution in [2.24, 2.45) is 0 Å². The van der Waals surface area contributed by atoms with Gasteiger partial charge in [0.2, 0.25) is 0 Å². The third kappa shape index (κ3) is 10.0. The number of nitrogens with zero attached hydrogens (tertiary/aromatic N) is 3. The van der Waals surface area contributed by atoms with Crippen LogP contribution in [0.1, 0.15) is 91.8 Å². The molecule has 0 atom stereocenters. The highest BCUT2D eigenvalue weighted by Crippen LogP contribution is 2.38. The maximum atomic E-state index is 13.4. The number of benzene rings is 1. The summed E-state index contributed by atoms with van der Waals surface area (Å²) < 4.78 is 16.7. The molecule has 5 rings (SSSR count). The molecule has 3 aromatic rings. The van der Waals surface area contributed by atoms with Gasteiger partial charge in [-0.3, -0.25) is 9.97 Å². The first-order chi connectivity index (χ1) is 24.8. The van der Waals surface area contributed by atoms with Crippen LogP contribution >= 0.6 is 0 Å². The molecule has 2 aliphatic rings. The lowest BCUT2D eigenvalue weighted by Gasteiger charge is -2.41. The van der Waals surface area contributed by atoms with Crippen LogP contribution in [0, 0.1) is 27.7 Å². The Labute approximate surface area is 330 Å². The van der Waals surface area contributed by atoms with Crippen LogP contribution < -0.4 is 39.3 Å². The number of rotatable bonds is 11. The third-order valence-corrected chi connectivity index (χ3v) is 10.3. The highest BCUT2D eigenvalue weighted by Gasteiger charge is 2.31. The summed E-state index contributed by atoms with van der Waals surface area (Å²) in [6.07, 6.45) is 7.35. The van der Waals surface area contributed by atoms with Crippen molar-refractivity contribution in [2.45, 2.75) is 65.3 Å². The predicted molar refractivity (Wildman–Crippen MR) is 201 cm³/mol. The van der Waals surface area contributed by atoms with Gasteiger partial charge in [-0.05, 0) is 92.1 Å². The van der Waals surface area contributed by atoms with Crippen molar-refractivity contribution in [1.29, 1.82) is 0 Å². The van der Waals surface area contributed by atoms with E-state index in [1.165, 1.54) is 19.8 Å². The highest BCUT2D eigenvalue weighted by molar-refractivity contribution is 6.01. The Balaban J connectivity index is 0.00000627. The largest absolute Gasteiger partial charge is 1.00 e. The molecule has 0 radical (unpaired) electrons. The molecule has 53 heavy (non-hydrogen) atoms. The Morgan fingerprint density at radius 1 is 0.830 bits per heavy atom. The lowest BCUT2D eigenvalue weighted by Crippen LogP contribution is -3.00. The number of carbonyl (C=O) groups is 3. The van der Waals surface area contributed by atoms with Gasteiger partial charge in [-0.2, -0.15) is 0 Å². The molecule has 2 N–H and O–H groups in total. The van der Waals surface area contributed by atoms with Crippen molar-refractivity contribution in [2.75, 3.05) is 54.6 Å². The van der Waals surface area contributed by atoms with Crippen LogP contribution in [-0.4, -0.2) is 93.0 Å². The third-order valence-electron chi connectivity index (χ3n) is 10.3. The van der Waals surface area contributed by atoms with Crippen molar-refractivity contribution in [3.8, 4) is 5.75 Å². The maximum absolute atomic E-state index is 13.4.